The van der Waals surface area contributed by atoms with Crippen molar-refractivity contribution in [1.82, 2.24) is 0 Å². The number of carbonyl (C=O) groups excluding carboxylic acids is 2. The Kier molecular flexibility index (Phi) is 7.98. The molecule has 1 heterocycles. The monoisotopic (exact) mass is 502 g/mol. The first-order valence-electron chi connectivity index (χ1n) is 12.2. The van der Waals surface area contributed by atoms with E-state index in [1.54, 1.807) is 36.4 Å². The minimum absolute atomic E-state index is 0.226. The number of amides is 2. The molecule has 0 radical (unpaired) electrons. The van der Waals surface area contributed by atoms with Gasteiger partial charge < -0.3 is 29.3 Å². The third-order valence-electron chi connectivity index (χ3n) is 5.55. The van der Waals surface area contributed by atoms with Gasteiger partial charge in [0.15, 0.2) is 17.3 Å². The molecule has 0 aliphatic heterocycles. The molecule has 0 spiro atoms. The summed E-state index contributed by atoms with van der Waals surface area (Å²) in [7, 11) is 0. The van der Waals surface area contributed by atoms with Crippen molar-refractivity contribution >= 4 is 34.2 Å². The lowest BCUT2D eigenvalue weighted by Crippen LogP contribution is -2.14. The Labute approximate surface area is 215 Å². The highest BCUT2D eigenvalue weighted by molar-refractivity contribution is 6.06. The number of rotatable bonds is 10. The van der Waals surface area contributed by atoms with Crippen molar-refractivity contribution in [3.05, 3.63) is 77.6 Å². The number of carbonyl (C=O) groups is 2. The van der Waals surface area contributed by atoms with Crippen LogP contribution < -0.4 is 24.8 Å². The maximum atomic E-state index is 13.1. The van der Waals surface area contributed by atoms with Crippen LogP contribution in [0, 0.1) is 6.92 Å². The zero-order valence-corrected chi connectivity index (χ0v) is 21.3. The lowest BCUT2D eigenvalue weighted by molar-refractivity contribution is 0.0996. The molecule has 0 bridgehead atoms. The van der Waals surface area contributed by atoms with E-state index in [0.29, 0.717) is 59.6 Å². The maximum absolute atomic E-state index is 13.1. The molecule has 8 heteroatoms. The molecule has 0 saturated carbocycles. The van der Waals surface area contributed by atoms with Crippen LogP contribution in [-0.2, 0) is 0 Å². The van der Waals surface area contributed by atoms with E-state index in [1.807, 2.05) is 52.0 Å². The first-order valence-corrected chi connectivity index (χ1v) is 12.2. The Hall–Kier alpha value is -4.46. The largest absolute Gasteiger partial charge is 0.490 e. The molecule has 3 aromatic carbocycles. The minimum atomic E-state index is -0.350. The van der Waals surface area contributed by atoms with E-state index in [9.17, 15) is 9.59 Å². The molecule has 0 fully saturated rings. The number of para-hydroxylation sites is 1. The molecule has 4 rings (SSSR count). The van der Waals surface area contributed by atoms with Crippen LogP contribution in [0.3, 0.4) is 0 Å². The average Bonchev–Trinajstić information content (AvgIpc) is 3.32. The number of nitrogens with one attached hydrogen (secondary N) is 2. The number of furan rings is 1. The summed E-state index contributed by atoms with van der Waals surface area (Å²) in [5, 5.41) is 6.62. The number of hydrogen-bond acceptors (Lipinski definition) is 6. The van der Waals surface area contributed by atoms with Gasteiger partial charge in [-0.3, -0.25) is 9.59 Å². The van der Waals surface area contributed by atoms with E-state index < -0.39 is 0 Å². The van der Waals surface area contributed by atoms with Crippen LogP contribution in [0.15, 0.2) is 65.1 Å². The van der Waals surface area contributed by atoms with Crippen LogP contribution in [0.5, 0.6) is 17.2 Å². The highest BCUT2D eigenvalue weighted by Crippen LogP contribution is 2.39. The summed E-state index contributed by atoms with van der Waals surface area (Å²) in [6.45, 7) is 8.71. The van der Waals surface area contributed by atoms with E-state index >= 15 is 0 Å². The topological polar surface area (TPSA) is 99.0 Å². The van der Waals surface area contributed by atoms with Gasteiger partial charge in [0.25, 0.3) is 11.8 Å². The molecule has 2 amide bonds. The molecule has 8 nitrogen and oxygen atoms in total. The fraction of sp³-hybridized carbons (Fsp3) is 0.241. The molecule has 0 aliphatic rings. The van der Waals surface area contributed by atoms with Crippen LogP contribution in [0.1, 0.15) is 47.2 Å². The van der Waals surface area contributed by atoms with Gasteiger partial charge in [0.2, 0.25) is 5.75 Å². The number of ether oxygens (including phenoxy) is 3. The summed E-state index contributed by atoms with van der Waals surface area (Å²) in [4.78, 5) is 25.8. The predicted molar refractivity (Wildman–Crippen MR) is 143 cm³/mol. The second-order valence-electron chi connectivity index (χ2n) is 8.19. The molecule has 4 aromatic rings. The molecular weight excluding hydrogens is 472 g/mol. The van der Waals surface area contributed by atoms with Crippen LogP contribution in [0.4, 0.5) is 11.4 Å². The van der Waals surface area contributed by atoms with E-state index in [4.69, 9.17) is 18.6 Å². The van der Waals surface area contributed by atoms with Gasteiger partial charge in [-0.15, -0.1) is 0 Å². The summed E-state index contributed by atoms with van der Waals surface area (Å²) in [5.41, 5.74) is 2.99. The van der Waals surface area contributed by atoms with Gasteiger partial charge in [0.1, 0.15) is 5.58 Å². The molecule has 2 N–H and O–H groups in total. The zero-order valence-electron chi connectivity index (χ0n) is 21.3. The third kappa shape index (κ3) is 5.86. The average molecular weight is 503 g/mol. The summed E-state index contributed by atoms with van der Waals surface area (Å²) < 4.78 is 22.8. The van der Waals surface area contributed by atoms with Gasteiger partial charge >= 0.3 is 0 Å². The van der Waals surface area contributed by atoms with Gasteiger partial charge in [-0.05, 0) is 75.7 Å². The highest BCUT2D eigenvalue weighted by atomic mass is 16.5. The highest BCUT2D eigenvalue weighted by Gasteiger charge is 2.19. The van der Waals surface area contributed by atoms with Gasteiger partial charge in [-0.2, -0.15) is 0 Å². The van der Waals surface area contributed by atoms with Crippen molar-refractivity contribution in [3.63, 3.8) is 0 Å². The molecule has 1 aromatic heterocycles. The van der Waals surface area contributed by atoms with E-state index in [-0.39, 0.29) is 17.6 Å². The van der Waals surface area contributed by atoms with E-state index in [1.165, 1.54) is 0 Å². The Morgan fingerprint density at radius 2 is 1.46 bits per heavy atom. The van der Waals surface area contributed by atoms with Crippen molar-refractivity contribution in [2.24, 2.45) is 0 Å². The summed E-state index contributed by atoms with van der Waals surface area (Å²) in [6, 6.07) is 17.7. The van der Waals surface area contributed by atoms with E-state index in [2.05, 4.69) is 10.6 Å². The molecule has 0 unspecified atom stereocenters. The van der Waals surface area contributed by atoms with Crippen LogP contribution in [0.2, 0.25) is 0 Å². The first-order chi connectivity index (χ1) is 17.9. The van der Waals surface area contributed by atoms with Crippen LogP contribution >= 0.6 is 0 Å². The number of anilines is 2. The molecule has 0 atom stereocenters. The fourth-order valence-electron chi connectivity index (χ4n) is 3.88. The second-order valence-corrected chi connectivity index (χ2v) is 8.19. The summed E-state index contributed by atoms with van der Waals surface area (Å²) >= 11 is 0. The Morgan fingerprint density at radius 1 is 0.784 bits per heavy atom. The molecule has 0 saturated heterocycles. The lowest BCUT2D eigenvalue weighted by Gasteiger charge is -2.17. The summed E-state index contributed by atoms with van der Waals surface area (Å²) in [6.07, 6.45) is 0. The van der Waals surface area contributed by atoms with E-state index in [0.717, 1.165) is 10.9 Å². The van der Waals surface area contributed by atoms with Gasteiger partial charge in [-0.25, -0.2) is 0 Å². The van der Waals surface area contributed by atoms with Crippen LogP contribution in [-0.4, -0.2) is 31.6 Å². The second kappa shape index (κ2) is 11.5. The van der Waals surface area contributed by atoms with Crippen LogP contribution in [0.25, 0.3) is 11.0 Å². The van der Waals surface area contributed by atoms with Gasteiger partial charge in [0, 0.05) is 22.3 Å². The number of fused-ring (bicyclic) bond motifs is 1. The van der Waals surface area contributed by atoms with Crippen molar-refractivity contribution in [2.45, 2.75) is 27.7 Å². The molecular formula is C29H30N2O6. The predicted octanol–water partition coefficient (Wildman–Crippen LogP) is 6.44. The fourth-order valence-corrected chi connectivity index (χ4v) is 3.88. The molecule has 37 heavy (non-hydrogen) atoms. The molecule has 0 aliphatic carbocycles. The normalized spacial score (nSPS) is 10.7. The SMILES string of the molecule is CCOc1cc(C(=O)Nc2ccc(NC(=O)c3cc4ccccc4o3)c(C)c2)cc(OCC)c1OCC. The third-order valence-corrected chi connectivity index (χ3v) is 5.55. The summed E-state index contributed by atoms with van der Waals surface area (Å²) in [5.74, 6) is 0.910. The first kappa shape index (κ1) is 25.6. The van der Waals surface area contributed by atoms with Gasteiger partial charge in [0.05, 0.1) is 19.8 Å². The van der Waals surface area contributed by atoms with Crippen molar-refractivity contribution < 1.29 is 28.2 Å². The smallest absolute Gasteiger partial charge is 0.291 e. The zero-order chi connectivity index (χ0) is 26.4. The lowest BCUT2D eigenvalue weighted by atomic mass is 10.1. The quantitative estimate of drug-likeness (QED) is 0.259. The Morgan fingerprint density at radius 3 is 2.08 bits per heavy atom. The van der Waals surface area contributed by atoms with Crippen molar-refractivity contribution in [1.29, 1.82) is 0 Å². The Balaban J connectivity index is 1.51. The minimum Gasteiger partial charge on any atom is -0.490 e. The molecule has 192 valence electrons. The number of benzene rings is 3. The van der Waals surface area contributed by atoms with Crippen molar-refractivity contribution in [2.75, 3.05) is 30.5 Å². The van der Waals surface area contributed by atoms with Crippen molar-refractivity contribution in [3.8, 4) is 17.2 Å². The standard InChI is InChI=1S/C29H30N2O6/c1-5-34-24-16-20(17-25(35-6-2)27(24)36-7-3)28(32)30-21-12-13-22(18(4)14-21)31-29(33)26-15-19-10-8-9-11-23(19)37-26/h8-17H,5-7H2,1-4H3,(H,30,32)(H,31,33). The Bertz CT molecular complexity index is 1370. The number of aryl methyl sites for hydroxylation is 1. The maximum Gasteiger partial charge on any atom is 0.291 e. The van der Waals surface area contributed by atoms with Gasteiger partial charge in [-0.1, -0.05) is 18.2 Å². The number of hydrogen-bond donors (Lipinski definition) is 2.